The first-order valence-electron chi connectivity index (χ1n) is 9.66. The molecule has 0 N–H and O–H groups in total. The Labute approximate surface area is 156 Å². The van der Waals surface area contributed by atoms with E-state index in [0.717, 1.165) is 55.6 Å². The molecule has 1 fully saturated rings. The predicted molar refractivity (Wildman–Crippen MR) is 99.7 cm³/mol. The molecule has 0 aliphatic carbocycles. The van der Waals surface area contributed by atoms with E-state index in [2.05, 4.69) is 19.4 Å². The highest BCUT2D eigenvalue weighted by molar-refractivity contribution is 5.79. The molecular formula is C21H22F2N4. The molecule has 0 spiro atoms. The fourth-order valence-corrected chi connectivity index (χ4v) is 4.69. The summed E-state index contributed by atoms with van der Waals surface area (Å²) >= 11 is 0. The van der Waals surface area contributed by atoms with Crippen LogP contribution in [0.15, 0.2) is 30.5 Å². The second kappa shape index (κ2) is 6.68. The molecule has 1 saturated heterocycles. The number of benzene rings is 1. The zero-order valence-corrected chi connectivity index (χ0v) is 15.2. The Kier molecular flexibility index (Phi) is 4.16. The Balaban J connectivity index is 1.58. The predicted octanol–water partition coefficient (Wildman–Crippen LogP) is 3.98. The van der Waals surface area contributed by atoms with Gasteiger partial charge < -0.3 is 4.57 Å². The molecule has 2 aliphatic heterocycles. The summed E-state index contributed by atoms with van der Waals surface area (Å²) in [6, 6.07) is 7.05. The lowest BCUT2D eigenvalue weighted by Crippen LogP contribution is -2.31. The minimum Gasteiger partial charge on any atom is -0.328 e. The van der Waals surface area contributed by atoms with Gasteiger partial charge in [-0.25, -0.2) is 18.7 Å². The fraction of sp³-hybridized carbons (Fsp3) is 0.429. The van der Waals surface area contributed by atoms with Crippen LogP contribution in [-0.4, -0.2) is 32.5 Å². The zero-order chi connectivity index (χ0) is 18.4. The Hall–Kier alpha value is -2.34. The average Bonchev–Trinajstić information content (AvgIpc) is 3.29. The van der Waals surface area contributed by atoms with Crippen LogP contribution in [0, 0.1) is 5.82 Å². The molecule has 5 rings (SSSR count). The standard InChI is InChI=1S/C21H22F2N4/c22-12-16-13-24-21-20(25-16)19-17-2-1-9-26(17)10-8-18(19)27(21)11-7-14-3-5-15(23)6-4-14/h3-6,13,17H,1-2,7-12H2. The third-order valence-corrected chi connectivity index (χ3v) is 5.96. The molecule has 1 unspecified atom stereocenters. The van der Waals surface area contributed by atoms with Crippen LogP contribution < -0.4 is 0 Å². The number of hydrogen-bond acceptors (Lipinski definition) is 3. The number of fused-ring (bicyclic) bond motifs is 5. The van der Waals surface area contributed by atoms with Gasteiger partial charge >= 0.3 is 0 Å². The first-order chi connectivity index (χ1) is 13.2. The zero-order valence-electron chi connectivity index (χ0n) is 15.2. The highest BCUT2D eigenvalue weighted by Gasteiger charge is 2.36. The third kappa shape index (κ3) is 2.83. The third-order valence-electron chi connectivity index (χ3n) is 5.96. The molecule has 2 aromatic heterocycles. The van der Waals surface area contributed by atoms with Crippen molar-refractivity contribution in [3.05, 3.63) is 58.8 Å². The molecule has 3 aromatic rings. The summed E-state index contributed by atoms with van der Waals surface area (Å²) < 4.78 is 28.6. The fourth-order valence-electron chi connectivity index (χ4n) is 4.69. The second-order valence-corrected chi connectivity index (χ2v) is 7.50. The lowest BCUT2D eigenvalue weighted by atomic mass is 9.98. The van der Waals surface area contributed by atoms with Crippen molar-refractivity contribution in [2.45, 2.75) is 44.9 Å². The number of aromatic nitrogens is 3. The monoisotopic (exact) mass is 368 g/mol. The number of halogens is 2. The van der Waals surface area contributed by atoms with Gasteiger partial charge in [-0.15, -0.1) is 0 Å². The molecule has 4 nitrogen and oxygen atoms in total. The van der Waals surface area contributed by atoms with Crippen molar-refractivity contribution < 1.29 is 8.78 Å². The van der Waals surface area contributed by atoms with Crippen LogP contribution in [0.25, 0.3) is 11.2 Å². The summed E-state index contributed by atoms with van der Waals surface area (Å²) in [6.07, 6.45) is 5.65. The summed E-state index contributed by atoms with van der Waals surface area (Å²) in [5.41, 5.74) is 5.78. The molecule has 0 radical (unpaired) electrons. The number of aryl methyl sites for hydroxylation is 2. The van der Waals surface area contributed by atoms with E-state index in [9.17, 15) is 8.78 Å². The molecule has 0 amide bonds. The first-order valence-corrected chi connectivity index (χ1v) is 9.66. The topological polar surface area (TPSA) is 34.0 Å². The molecule has 140 valence electrons. The molecule has 6 heteroatoms. The van der Waals surface area contributed by atoms with Gasteiger partial charge in [-0.05, 0) is 43.5 Å². The maximum absolute atomic E-state index is 13.2. The van der Waals surface area contributed by atoms with Gasteiger partial charge in [-0.2, -0.15) is 0 Å². The minimum atomic E-state index is -0.590. The molecule has 2 aliphatic rings. The maximum Gasteiger partial charge on any atom is 0.159 e. The van der Waals surface area contributed by atoms with Gasteiger partial charge in [0.15, 0.2) is 5.65 Å². The summed E-state index contributed by atoms with van der Waals surface area (Å²) in [5.74, 6) is -0.214. The molecule has 1 aromatic carbocycles. The molecule has 0 bridgehead atoms. The molecule has 4 heterocycles. The number of alkyl halides is 1. The quantitative estimate of drug-likeness (QED) is 0.699. The van der Waals surface area contributed by atoms with E-state index in [4.69, 9.17) is 0 Å². The number of hydrogen-bond donors (Lipinski definition) is 0. The van der Waals surface area contributed by atoms with Crippen LogP contribution in [0.2, 0.25) is 0 Å². The van der Waals surface area contributed by atoms with E-state index in [-0.39, 0.29) is 5.82 Å². The second-order valence-electron chi connectivity index (χ2n) is 7.50. The van der Waals surface area contributed by atoms with Crippen molar-refractivity contribution >= 4 is 11.2 Å². The van der Waals surface area contributed by atoms with E-state index in [1.54, 1.807) is 6.20 Å². The smallest absolute Gasteiger partial charge is 0.159 e. The van der Waals surface area contributed by atoms with Gasteiger partial charge in [0, 0.05) is 36.8 Å². The summed E-state index contributed by atoms with van der Waals surface area (Å²) in [5, 5.41) is 0. The van der Waals surface area contributed by atoms with Crippen LogP contribution in [0.1, 0.15) is 41.4 Å². The maximum atomic E-state index is 13.2. The molecule has 1 atom stereocenters. The SMILES string of the molecule is FCc1cnc2c(n1)c1c(n2CCc2ccc(F)cc2)CCN2CCCC12. The number of rotatable bonds is 4. The Bertz CT molecular complexity index is 980. The number of nitrogens with zero attached hydrogens (tertiary/aromatic N) is 4. The van der Waals surface area contributed by atoms with Crippen LogP contribution >= 0.6 is 0 Å². The molecule has 0 saturated carbocycles. The summed E-state index contributed by atoms with van der Waals surface area (Å²) in [7, 11) is 0. The van der Waals surface area contributed by atoms with Crippen LogP contribution in [0.4, 0.5) is 8.78 Å². The van der Waals surface area contributed by atoms with E-state index in [1.807, 2.05) is 12.1 Å². The molecule has 27 heavy (non-hydrogen) atoms. The van der Waals surface area contributed by atoms with Crippen molar-refractivity contribution in [3.8, 4) is 0 Å². The minimum absolute atomic E-state index is 0.214. The average molecular weight is 368 g/mol. The Morgan fingerprint density at radius 1 is 1.15 bits per heavy atom. The van der Waals surface area contributed by atoms with Crippen molar-refractivity contribution in [1.29, 1.82) is 0 Å². The Morgan fingerprint density at radius 3 is 2.81 bits per heavy atom. The van der Waals surface area contributed by atoms with Gasteiger partial charge in [-0.1, -0.05) is 12.1 Å². The van der Waals surface area contributed by atoms with Crippen molar-refractivity contribution in [1.82, 2.24) is 19.4 Å². The summed E-state index contributed by atoms with van der Waals surface area (Å²) in [6.45, 7) is 2.36. The van der Waals surface area contributed by atoms with Gasteiger partial charge in [0.2, 0.25) is 0 Å². The van der Waals surface area contributed by atoms with Gasteiger partial charge in [0.1, 0.15) is 18.0 Å². The van der Waals surface area contributed by atoms with Crippen molar-refractivity contribution in [3.63, 3.8) is 0 Å². The van der Waals surface area contributed by atoms with Crippen LogP contribution in [0.5, 0.6) is 0 Å². The lowest BCUT2D eigenvalue weighted by Gasteiger charge is -2.30. The van der Waals surface area contributed by atoms with E-state index in [1.165, 1.54) is 29.8 Å². The van der Waals surface area contributed by atoms with Crippen LogP contribution in [-0.2, 0) is 26.1 Å². The highest BCUT2D eigenvalue weighted by atomic mass is 19.1. The largest absolute Gasteiger partial charge is 0.328 e. The van der Waals surface area contributed by atoms with Gasteiger partial charge in [0.05, 0.1) is 11.9 Å². The normalized spacial score (nSPS) is 19.4. The van der Waals surface area contributed by atoms with E-state index < -0.39 is 6.67 Å². The molecular weight excluding hydrogens is 346 g/mol. The highest BCUT2D eigenvalue weighted by Crippen LogP contribution is 2.42. The first kappa shape index (κ1) is 16.8. The van der Waals surface area contributed by atoms with Crippen LogP contribution in [0.3, 0.4) is 0 Å². The Morgan fingerprint density at radius 2 is 2.00 bits per heavy atom. The van der Waals surface area contributed by atoms with E-state index in [0.29, 0.717) is 11.7 Å². The lowest BCUT2D eigenvalue weighted by molar-refractivity contribution is 0.241. The van der Waals surface area contributed by atoms with E-state index >= 15 is 0 Å². The van der Waals surface area contributed by atoms with Gasteiger partial charge in [-0.3, -0.25) is 4.90 Å². The van der Waals surface area contributed by atoms with Crippen molar-refractivity contribution in [2.75, 3.05) is 13.1 Å². The van der Waals surface area contributed by atoms with Crippen molar-refractivity contribution in [2.24, 2.45) is 0 Å². The summed E-state index contributed by atoms with van der Waals surface area (Å²) in [4.78, 5) is 11.7. The van der Waals surface area contributed by atoms with Gasteiger partial charge in [0.25, 0.3) is 0 Å².